The van der Waals surface area contributed by atoms with Gasteiger partial charge in [-0.2, -0.15) is 0 Å². The van der Waals surface area contributed by atoms with Gasteiger partial charge in [0.25, 0.3) is 0 Å². The van der Waals surface area contributed by atoms with Crippen LogP contribution in [0.5, 0.6) is 11.5 Å². The molecule has 0 bridgehead atoms. The van der Waals surface area contributed by atoms with Gasteiger partial charge in [0.15, 0.2) is 11.5 Å². The molecule has 0 spiro atoms. The monoisotopic (exact) mass is 283 g/mol. The predicted octanol–water partition coefficient (Wildman–Crippen LogP) is 2.48. The Morgan fingerprint density at radius 2 is 1.95 bits per heavy atom. The van der Waals surface area contributed by atoms with Gasteiger partial charge in [0, 0.05) is 30.1 Å². The fourth-order valence-electron chi connectivity index (χ4n) is 2.37. The molecule has 2 heterocycles. The van der Waals surface area contributed by atoms with Crippen molar-refractivity contribution >= 4 is 5.65 Å². The van der Waals surface area contributed by atoms with E-state index in [1.54, 1.807) is 14.2 Å². The number of aromatic nitrogens is 2. The number of ether oxygens (including phenoxy) is 2. The van der Waals surface area contributed by atoms with E-state index in [0.717, 1.165) is 22.5 Å². The summed E-state index contributed by atoms with van der Waals surface area (Å²) in [5.74, 6) is 1.39. The lowest BCUT2D eigenvalue weighted by molar-refractivity contribution is 0.355. The van der Waals surface area contributed by atoms with Gasteiger partial charge in [-0.15, -0.1) is 0 Å². The summed E-state index contributed by atoms with van der Waals surface area (Å²) < 4.78 is 12.6. The zero-order valence-corrected chi connectivity index (χ0v) is 12.0. The van der Waals surface area contributed by atoms with E-state index in [4.69, 9.17) is 15.2 Å². The Kier molecular flexibility index (Phi) is 3.50. The van der Waals surface area contributed by atoms with Crippen LogP contribution in [0.15, 0.2) is 42.7 Å². The Bertz CT molecular complexity index is 780. The van der Waals surface area contributed by atoms with E-state index >= 15 is 0 Å². The first-order chi connectivity index (χ1) is 10.3. The number of methoxy groups -OCH3 is 2. The van der Waals surface area contributed by atoms with E-state index in [1.807, 2.05) is 47.1 Å². The van der Waals surface area contributed by atoms with Gasteiger partial charge in [-0.3, -0.25) is 0 Å². The minimum atomic E-state index is 0.465. The second kappa shape index (κ2) is 5.46. The number of hydrogen-bond donors (Lipinski definition) is 1. The van der Waals surface area contributed by atoms with E-state index in [1.165, 1.54) is 0 Å². The predicted molar refractivity (Wildman–Crippen MR) is 81.6 cm³/mol. The number of fused-ring (bicyclic) bond motifs is 1. The van der Waals surface area contributed by atoms with Crippen molar-refractivity contribution in [1.82, 2.24) is 9.38 Å². The number of nitrogens with two attached hydrogens (primary N) is 1. The molecular weight excluding hydrogens is 266 g/mol. The Morgan fingerprint density at radius 3 is 2.67 bits per heavy atom. The molecule has 0 radical (unpaired) electrons. The Morgan fingerprint density at radius 1 is 1.14 bits per heavy atom. The second-order valence-electron chi connectivity index (χ2n) is 4.66. The molecule has 0 saturated carbocycles. The lowest BCUT2D eigenvalue weighted by Crippen LogP contribution is -1.99. The number of imidazole rings is 1. The highest BCUT2D eigenvalue weighted by molar-refractivity contribution is 5.67. The van der Waals surface area contributed by atoms with Gasteiger partial charge in [-0.05, 0) is 24.3 Å². The van der Waals surface area contributed by atoms with Gasteiger partial charge in [-0.25, -0.2) is 4.98 Å². The van der Waals surface area contributed by atoms with Crippen molar-refractivity contribution in [2.45, 2.75) is 6.54 Å². The van der Waals surface area contributed by atoms with E-state index in [-0.39, 0.29) is 0 Å². The normalized spacial score (nSPS) is 10.8. The lowest BCUT2D eigenvalue weighted by Gasteiger charge is -2.08. The zero-order valence-electron chi connectivity index (χ0n) is 12.0. The van der Waals surface area contributed by atoms with Crippen LogP contribution in [0.4, 0.5) is 0 Å². The van der Waals surface area contributed by atoms with Gasteiger partial charge < -0.3 is 19.6 Å². The number of pyridine rings is 1. The van der Waals surface area contributed by atoms with Crippen LogP contribution >= 0.6 is 0 Å². The average Bonchev–Trinajstić information content (AvgIpc) is 2.98. The van der Waals surface area contributed by atoms with Gasteiger partial charge >= 0.3 is 0 Å². The third kappa shape index (κ3) is 2.32. The summed E-state index contributed by atoms with van der Waals surface area (Å²) in [5, 5.41) is 0. The smallest absolute Gasteiger partial charge is 0.161 e. The van der Waals surface area contributed by atoms with Gasteiger partial charge in [0.05, 0.1) is 19.9 Å². The maximum absolute atomic E-state index is 5.76. The van der Waals surface area contributed by atoms with Crippen LogP contribution in [0.1, 0.15) is 5.56 Å². The van der Waals surface area contributed by atoms with Crippen LogP contribution < -0.4 is 15.2 Å². The molecular formula is C16H17N3O2. The largest absolute Gasteiger partial charge is 0.493 e. The molecule has 3 aromatic rings. The zero-order chi connectivity index (χ0) is 14.8. The molecule has 2 N–H and O–H groups in total. The topological polar surface area (TPSA) is 61.8 Å². The van der Waals surface area contributed by atoms with Crippen LogP contribution in [0, 0.1) is 0 Å². The molecule has 3 rings (SSSR count). The molecule has 5 nitrogen and oxygen atoms in total. The summed E-state index contributed by atoms with van der Waals surface area (Å²) in [7, 11) is 3.24. The van der Waals surface area contributed by atoms with E-state index in [9.17, 15) is 0 Å². The first-order valence-electron chi connectivity index (χ1n) is 6.66. The molecule has 0 unspecified atom stereocenters. The fourth-order valence-corrected chi connectivity index (χ4v) is 2.37. The van der Waals surface area contributed by atoms with Gasteiger partial charge in [0.2, 0.25) is 0 Å². The Hall–Kier alpha value is -2.53. The molecule has 21 heavy (non-hydrogen) atoms. The summed E-state index contributed by atoms with van der Waals surface area (Å²) in [6, 6.07) is 9.71. The summed E-state index contributed by atoms with van der Waals surface area (Å²) in [5.41, 5.74) is 9.50. The fraction of sp³-hybridized carbons (Fsp3) is 0.188. The highest BCUT2D eigenvalue weighted by Crippen LogP contribution is 2.32. The number of benzene rings is 1. The summed E-state index contributed by atoms with van der Waals surface area (Å²) in [6.45, 7) is 0.465. The number of nitrogens with zero attached hydrogens (tertiary/aromatic N) is 2. The summed E-state index contributed by atoms with van der Waals surface area (Å²) >= 11 is 0. The second-order valence-corrected chi connectivity index (χ2v) is 4.66. The molecule has 0 aliphatic rings. The first-order valence-corrected chi connectivity index (χ1v) is 6.66. The van der Waals surface area contributed by atoms with Crippen molar-refractivity contribution in [3.63, 3.8) is 0 Å². The van der Waals surface area contributed by atoms with Crippen molar-refractivity contribution in [3.05, 3.63) is 48.3 Å². The molecule has 0 aliphatic carbocycles. The molecule has 0 amide bonds. The molecule has 0 saturated heterocycles. The minimum absolute atomic E-state index is 0.465. The van der Waals surface area contributed by atoms with Crippen molar-refractivity contribution in [2.24, 2.45) is 5.73 Å². The molecule has 1 aromatic carbocycles. The van der Waals surface area contributed by atoms with Gasteiger partial charge in [-0.1, -0.05) is 6.07 Å². The Balaban J connectivity index is 2.12. The standard InChI is InChI=1S/C16H17N3O2/c1-20-14-6-5-11(8-15(14)21-2)13-10-19-7-3-4-12(9-17)16(19)18-13/h3-8,10H,9,17H2,1-2H3. The van der Waals surface area contributed by atoms with Crippen LogP contribution in [0.3, 0.4) is 0 Å². The molecule has 5 heteroatoms. The Labute approximate surface area is 122 Å². The van der Waals surface area contributed by atoms with Crippen molar-refractivity contribution in [3.8, 4) is 22.8 Å². The number of hydrogen-bond acceptors (Lipinski definition) is 4. The van der Waals surface area contributed by atoms with Crippen LogP contribution in [-0.4, -0.2) is 23.6 Å². The maximum Gasteiger partial charge on any atom is 0.161 e. The van der Waals surface area contributed by atoms with E-state index < -0.39 is 0 Å². The van der Waals surface area contributed by atoms with Crippen LogP contribution in [-0.2, 0) is 6.54 Å². The van der Waals surface area contributed by atoms with E-state index in [0.29, 0.717) is 18.0 Å². The summed E-state index contributed by atoms with van der Waals surface area (Å²) in [6.07, 6.45) is 3.95. The van der Waals surface area contributed by atoms with Crippen molar-refractivity contribution in [1.29, 1.82) is 0 Å². The SMILES string of the molecule is COc1ccc(-c2cn3cccc(CN)c3n2)cc1OC. The third-order valence-corrected chi connectivity index (χ3v) is 3.46. The molecule has 0 atom stereocenters. The first kappa shape index (κ1) is 13.5. The van der Waals surface area contributed by atoms with Crippen LogP contribution in [0.25, 0.3) is 16.9 Å². The lowest BCUT2D eigenvalue weighted by atomic mass is 10.1. The van der Waals surface area contributed by atoms with Crippen molar-refractivity contribution < 1.29 is 9.47 Å². The summed E-state index contributed by atoms with van der Waals surface area (Å²) in [4.78, 5) is 4.67. The molecule has 2 aromatic heterocycles. The van der Waals surface area contributed by atoms with E-state index in [2.05, 4.69) is 4.98 Å². The minimum Gasteiger partial charge on any atom is -0.493 e. The third-order valence-electron chi connectivity index (χ3n) is 3.46. The van der Waals surface area contributed by atoms with Gasteiger partial charge in [0.1, 0.15) is 5.65 Å². The molecule has 108 valence electrons. The molecule has 0 aliphatic heterocycles. The highest BCUT2D eigenvalue weighted by atomic mass is 16.5. The highest BCUT2D eigenvalue weighted by Gasteiger charge is 2.10. The van der Waals surface area contributed by atoms with Crippen LogP contribution in [0.2, 0.25) is 0 Å². The average molecular weight is 283 g/mol. The van der Waals surface area contributed by atoms with Crippen molar-refractivity contribution in [2.75, 3.05) is 14.2 Å². The quantitative estimate of drug-likeness (QED) is 0.799. The maximum atomic E-state index is 5.76. The number of rotatable bonds is 4. The molecule has 0 fully saturated rings.